The van der Waals surface area contributed by atoms with Crippen LogP contribution in [0, 0.1) is 6.92 Å². The molecule has 26 heavy (non-hydrogen) atoms. The minimum Gasteiger partial charge on any atom is -0.356 e. The summed E-state index contributed by atoms with van der Waals surface area (Å²) in [5.41, 5.74) is 1.69. The average Bonchev–Trinajstić information content (AvgIpc) is 2.96. The van der Waals surface area contributed by atoms with Crippen molar-refractivity contribution in [1.82, 2.24) is 9.97 Å². The predicted molar refractivity (Wildman–Crippen MR) is 102 cm³/mol. The van der Waals surface area contributed by atoms with Crippen molar-refractivity contribution >= 4 is 38.9 Å². The fourth-order valence-corrected chi connectivity index (χ4v) is 4.89. The Bertz CT molecular complexity index is 949. The number of benzene rings is 1. The summed E-state index contributed by atoms with van der Waals surface area (Å²) in [6.07, 6.45) is 1.85. The van der Waals surface area contributed by atoms with Crippen molar-refractivity contribution in [3.8, 4) is 0 Å². The van der Waals surface area contributed by atoms with Gasteiger partial charge in [0.1, 0.15) is 17.8 Å². The van der Waals surface area contributed by atoms with Crippen LogP contribution in [-0.2, 0) is 9.84 Å². The van der Waals surface area contributed by atoms with Crippen molar-refractivity contribution in [2.75, 3.05) is 28.8 Å². The van der Waals surface area contributed by atoms with Crippen molar-refractivity contribution in [3.63, 3.8) is 0 Å². The lowest BCUT2D eigenvalue weighted by molar-refractivity contribution is 0.102. The fraction of sp³-hybridized carbons (Fsp3) is 0.353. The molecule has 1 aliphatic heterocycles. The molecule has 9 heteroatoms. The predicted octanol–water partition coefficient (Wildman–Crippen LogP) is 2.31. The van der Waals surface area contributed by atoms with Crippen LogP contribution in [0.3, 0.4) is 0 Å². The molecule has 1 atom stereocenters. The summed E-state index contributed by atoms with van der Waals surface area (Å²) in [6, 6.07) is 6.60. The first-order chi connectivity index (χ1) is 12.2. The molecule has 2 heterocycles. The van der Waals surface area contributed by atoms with Gasteiger partial charge in [0.2, 0.25) is 0 Å². The van der Waals surface area contributed by atoms with Gasteiger partial charge in [-0.2, -0.15) is 0 Å². The summed E-state index contributed by atoms with van der Waals surface area (Å²) in [6.45, 7) is 1.85. The third-order valence-corrected chi connectivity index (χ3v) is 6.42. The summed E-state index contributed by atoms with van der Waals surface area (Å²) >= 11 is 5.93. The van der Waals surface area contributed by atoms with E-state index in [0.717, 1.165) is 5.56 Å². The third kappa shape index (κ3) is 4.13. The molecule has 7 nitrogen and oxygen atoms in total. The van der Waals surface area contributed by atoms with Gasteiger partial charge in [0.05, 0.1) is 11.5 Å². The van der Waals surface area contributed by atoms with Crippen LogP contribution in [0.4, 0.5) is 11.5 Å². The van der Waals surface area contributed by atoms with Gasteiger partial charge < -0.3 is 10.2 Å². The topological polar surface area (TPSA) is 92.3 Å². The summed E-state index contributed by atoms with van der Waals surface area (Å²) in [7, 11) is -1.22. The number of hydrogen-bond donors (Lipinski definition) is 1. The zero-order valence-electron chi connectivity index (χ0n) is 14.4. The second-order valence-electron chi connectivity index (χ2n) is 6.34. The highest BCUT2D eigenvalue weighted by Crippen LogP contribution is 2.23. The van der Waals surface area contributed by atoms with E-state index in [1.54, 1.807) is 36.2 Å². The van der Waals surface area contributed by atoms with Crippen LogP contribution in [0.2, 0.25) is 5.02 Å². The Morgan fingerprint density at radius 3 is 2.73 bits per heavy atom. The van der Waals surface area contributed by atoms with Gasteiger partial charge in [-0.15, -0.1) is 0 Å². The van der Waals surface area contributed by atoms with Crippen molar-refractivity contribution in [2.24, 2.45) is 0 Å². The molecule has 1 aromatic heterocycles. The van der Waals surface area contributed by atoms with E-state index >= 15 is 0 Å². The number of carbonyl (C=O) groups excluding carboxylic acids is 1. The van der Waals surface area contributed by atoms with Crippen LogP contribution >= 0.6 is 11.6 Å². The van der Waals surface area contributed by atoms with E-state index < -0.39 is 9.84 Å². The first-order valence-corrected chi connectivity index (χ1v) is 10.3. The maximum absolute atomic E-state index is 12.5. The number of aromatic nitrogens is 2. The molecule has 1 aliphatic rings. The largest absolute Gasteiger partial charge is 0.356 e. The van der Waals surface area contributed by atoms with Crippen LogP contribution in [0.1, 0.15) is 22.5 Å². The fourth-order valence-electron chi connectivity index (χ4n) is 2.89. The molecule has 1 saturated heterocycles. The maximum atomic E-state index is 12.5. The smallest absolute Gasteiger partial charge is 0.274 e. The number of anilines is 2. The van der Waals surface area contributed by atoms with Gasteiger partial charge in [-0.05, 0) is 37.1 Å². The van der Waals surface area contributed by atoms with Crippen LogP contribution in [0.5, 0.6) is 0 Å². The molecule has 3 rings (SSSR count). The van der Waals surface area contributed by atoms with Crippen molar-refractivity contribution in [2.45, 2.75) is 19.4 Å². The van der Waals surface area contributed by atoms with E-state index in [4.69, 9.17) is 11.6 Å². The second kappa shape index (κ2) is 7.20. The Balaban J connectivity index is 1.77. The molecule has 0 saturated carbocycles. The number of rotatable bonds is 4. The molecule has 1 fully saturated rings. The summed E-state index contributed by atoms with van der Waals surface area (Å²) in [4.78, 5) is 22.5. The van der Waals surface area contributed by atoms with E-state index in [2.05, 4.69) is 15.3 Å². The van der Waals surface area contributed by atoms with Gasteiger partial charge in [-0.25, -0.2) is 18.4 Å². The first kappa shape index (κ1) is 18.6. The number of nitrogens with zero attached hydrogens (tertiary/aromatic N) is 3. The minimum absolute atomic E-state index is 0.0962. The first-order valence-electron chi connectivity index (χ1n) is 8.08. The molecule has 1 unspecified atom stereocenters. The monoisotopic (exact) mass is 394 g/mol. The van der Waals surface area contributed by atoms with Crippen LogP contribution in [0.25, 0.3) is 0 Å². The van der Waals surface area contributed by atoms with Crippen molar-refractivity contribution in [3.05, 3.63) is 46.9 Å². The Kier molecular flexibility index (Phi) is 5.15. The zero-order valence-corrected chi connectivity index (χ0v) is 16.0. The van der Waals surface area contributed by atoms with Gasteiger partial charge in [0.25, 0.3) is 5.91 Å². The van der Waals surface area contributed by atoms with E-state index in [9.17, 15) is 13.2 Å². The Morgan fingerprint density at radius 2 is 2.08 bits per heavy atom. The molecule has 138 valence electrons. The molecule has 0 radical (unpaired) electrons. The van der Waals surface area contributed by atoms with Gasteiger partial charge in [-0.3, -0.25) is 4.79 Å². The number of nitrogens with one attached hydrogen (secondary N) is 1. The third-order valence-electron chi connectivity index (χ3n) is 4.44. The lowest BCUT2D eigenvalue weighted by atomic mass is 10.2. The molecule has 1 amide bonds. The molecular formula is C17H19ClN4O3S. The Labute approximate surface area is 157 Å². The number of amides is 1. The lowest BCUT2D eigenvalue weighted by Crippen LogP contribution is -2.33. The summed E-state index contributed by atoms with van der Waals surface area (Å²) in [5.74, 6) is 0.418. The number of sulfone groups is 1. The molecule has 0 bridgehead atoms. The molecule has 1 N–H and O–H groups in total. The average molecular weight is 395 g/mol. The van der Waals surface area contributed by atoms with Crippen LogP contribution in [0.15, 0.2) is 30.6 Å². The molecule has 0 spiro atoms. The van der Waals surface area contributed by atoms with Crippen LogP contribution < -0.4 is 10.2 Å². The molecule has 1 aromatic carbocycles. The SMILES string of the molecule is Cc1cc(Cl)ccc1NC(=O)c1cc(N(C)C2CCS(=O)(=O)C2)ncn1. The highest BCUT2D eigenvalue weighted by atomic mass is 35.5. The van der Waals surface area contributed by atoms with Gasteiger partial charge in [0, 0.05) is 29.9 Å². The Hall–Kier alpha value is -2.19. The second-order valence-corrected chi connectivity index (χ2v) is 9.01. The molecular weight excluding hydrogens is 376 g/mol. The number of aryl methyl sites for hydroxylation is 1. The molecule has 2 aromatic rings. The van der Waals surface area contributed by atoms with Crippen molar-refractivity contribution < 1.29 is 13.2 Å². The van der Waals surface area contributed by atoms with E-state index in [-0.39, 0.29) is 29.1 Å². The van der Waals surface area contributed by atoms with E-state index in [1.165, 1.54) is 6.33 Å². The summed E-state index contributed by atoms with van der Waals surface area (Å²) < 4.78 is 23.4. The highest BCUT2D eigenvalue weighted by Gasteiger charge is 2.31. The van der Waals surface area contributed by atoms with Gasteiger partial charge in [0.15, 0.2) is 9.84 Å². The van der Waals surface area contributed by atoms with Gasteiger partial charge >= 0.3 is 0 Å². The summed E-state index contributed by atoms with van der Waals surface area (Å²) in [5, 5.41) is 3.40. The van der Waals surface area contributed by atoms with E-state index in [0.29, 0.717) is 22.9 Å². The van der Waals surface area contributed by atoms with Crippen molar-refractivity contribution in [1.29, 1.82) is 0 Å². The van der Waals surface area contributed by atoms with E-state index in [1.807, 2.05) is 6.92 Å². The number of halogens is 1. The number of carbonyl (C=O) groups is 1. The minimum atomic E-state index is -3.00. The molecule has 0 aliphatic carbocycles. The van der Waals surface area contributed by atoms with Gasteiger partial charge in [-0.1, -0.05) is 11.6 Å². The Morgan fingerprint density at radius 1 is 1.31 bits per heavy atom. The standard InChI is InChI=1S/C17H19ClN4O3S/c1-11-7-12(18)3-4-14(11)21-17(23)15-8-16(20-10-19-15)22(2)13-5-6-26(24,25)9-13/h3-4,7-8,10,13H,5-6,9H2,1-2H3,(H,21,23). The normalized spacial score (nSPS) is 18.5. The zero-order chi connectivity index (χ0) is 18.9. The van der Waals surface area contributed by atoms with Crippen LogP contribution in [-0.4, -0.2) is 48.9 Å². The number of hydrogen-bond acceptors (Lipinski definition) is 6. The highest BCUT2D eigenvalue weighted by molar-refractivity contribution is 7.91. The lowest BCUT2D eigenvalue weighted by Gasteiger charge is -2.24. The maximum Gasteiger partial charge on any atom is 0.274 e. The quantitative estimate of drug-likeness (QED) is 0.855.